The Morgan fingerprint density at radius 1 is 1.23 bits per heavy atom. The van der Waals surface area contributed by atoms with Gasteiger partial charge in [0.2, 0.25) is 0 Å². The Hall–Kier alpha value is -2.97. The van der Waals surface area contributed by atoms with Crippen molar-refractivity contribution >= 4 is 11.8 Å². The van der Waals surface area contributed by atoms with Crippen LogP contribution in [-0.2, 0) is 28.7 Å². The molecule has 168 valence electrons. The fourth-order valence-electron chi connectivity index (χ4n) is 3.82. The lowest BCUT2D eigenvalue weighted by molar-refractivity contribution is -0.142. The van der Waals surface area contributed by atoms with Crippen LogP contribution in [-0.4, -0.2) is 43.1 Å². The summed E-state index contributed by atoms with van der Waals surface area (Å²) in [5.41, 5.74) is 0.589. The summed E-state index contributed by atoms with van der Waals surface area (Å²) < 4.78 is 52.2. The van der Waals surface area contributed by atoms with Gasteiger partial charge >= 0.3 is 12.1 Å². The molecule has 2 heterocycles. The number of anilines is 1. The van der Waals surface area contributed by atoms with E-state index < -0.39 is 17.8 Å². The number of carbonyl (C=O) groups excluding carboxylic acids is 1. The van der Waals surface area contributed by atoms with Gasteiger partial charge in [0.05, 0.1) is 20.8 Å². The number of ether oxygens (including phenoxy) is 2. The van der Waals surface area contributed by atoms with E-state index in [1.54, 1.807) is 19.2 Å². The average molecular weight is 437 g/mol. The Bertz CT molecular complexity index is 936. The predicted molar refractivity (Wildman–Crippen MR) is 110 cm³/mol. The second-order valence-electron chi connectivity index (χ2n) is 7.44. The third kappa shape index (κ3) is 5.21. The largest absolute Gasteiger partial charge is 0.497 e. The third-order valence-electron chi connectivity index (χ3n) is 5.32. The highest BCUT2D eigenvalue weighted by atomic mass is 19.4. The van der Waals surface area contributed by atoms with Gasteiger partial charge in [-0.2, -0.15) is 18.3 Å². The van der Waals surface area contributed by atoms with Crippen LogP contribution >= 0.6 is 0 Å². The topological polar surface area (TPSA) is 56.6 Å². The third-order valence-corrected chi connectivity index (χ3v) is 5.32. The van der Waals surface area contributed by atoms with E-state index in [0.29, 0.717) is 55.9 Å². The molecule has 0 saturated heterocycles. The van der Waals surface area contributed by atoms with Gasteiger partial charge in [0.25, 0.3) is 0 Å². The summed E-state index contributed by atoms with van der Waals surface area (Å²) >= 11 is 0. The van der Waals surface area contributed by atoms with Crippen molar-refractivity contribution < 1.29 is 27.4 Å². The van der Waals surface area contributed by atoms with Crippen LogP contribution in [0, 0.1) is 0 Å². The van der Waals surface area contributed by atoms with Crippen molar-refractivity contribution in [2.45, 2.75) is 38.4 Å². The van der Waals surface area contributed by atoms with Crippen LogP contribution < -0.4 is 9.64 Å². The number of carbonyl (C=O) groups is 1. The van der Waals surface area contributed by atoms with Crippen molar-refractivity contribution in [3.8, 4) is 5.75 Å². The van der Waals surface area contributed by atoms with E-state index in [-0.39, 0.29) is 12.1 Å². The number of halogens is 3. The zero-order chi connectivity index (χ0) is 22.6. The Morgan fingerprint density at radius 2 is 1.94 bits per heavy atom. The van der Waals surface area contributed by atoms with Crippen molar-refractivity contribution in [1.82, 2.24) is 9.78 Å². The number of benzene rings is 1. The van der Waals surface area contributed by atoms with E-state index in [9.17, 15) is 18.0 Å². The molecular formula is C22H26F3N3O3. The molecule has 0 atom stereocenters. The van der Waals surface area contributed by atoms with Crippen molar-refractivity contribution in [3.05, 3.63) is 53.2 Å². The molecule has 0 aliphatic carbocycles. The monoisotopic (exact) mass is 437 g/mol. The molecule has 2 aromatic rings. The fraction of sp³-hybridized carbons (Fsp3) is 0.455. The maximum atomic E-state index is 13.7. The minimum absolute atomic E-state index is 0.216. The molecular weight excluding hydrogens is 411 g/mol. The van der Waals surface area contributed by atoms with Gasteiger partial charge in [0.15, 0.2) is 5.69 Å². The number of rotatable bonds is 8. The lowest BCUT2D eigenvalue weighted by Crippen LogP contribution is -2.32. The number of methoxy groups -OCH3 is 2. The minimum atomic E-state index is -4.52. The van der Waals surface area contributed by atoms with E-state index in [1.807, 2.05) is 17.0 Å². The van der Waals surface area contributed by atoms with Crippen molar-refractivity contribution in [1.29, 1.82) is 0 Å². The quantitative estimate of drug-likeness (QED) is 0.457. The molecule has 1 aliphatic rings. The summed E-state index contributed by atoms with van der Waals surface area (Å²) in [6, 6.07) is 7.17. The number of fused-ring (bicyclic) bond motifs is 1. The minimum Gasteiger partial charge on any atom is -0.497 e. The summed E-state index contributed by atoms with van der Waals surface area (Å²) in [6.45, 7) is 5.05. The van der Waals surface area contributed by atoms with Crippen LogP contribution in [0.2, 0.25) is 0 Å². The van der Waals surface area contributed by atoms with Gasteiger partial charge < -0.3 is 14.4 Å². The first-order valence-corrected chi connectivity index (χ1v) is 10.1. The van der Waals surface area contributed by atoms with E-state index in [0.717, 1.165) is 5.56 Å². The number of esters is 1. The first-order valence-electron chi connectivity index (χ1n) is 10.1. The van der Waals surface area contributed by atoms with Gasteiger partial charge in [0.1, 0.15) is 11.6 Å². The van der Waals surface area contributed by atoms with E-state index in [4.69, 9.17) is 4.74 Å². The summed E-state index contributed by atoms with van der Waals surface area (Å²) in [5.74, 6) is 0.705. The average Bonchev–Trinajstić information content (AvgIpc) is 3.13. The Morgan fingerprint density at radius 3 is 2.55 bits per heavy atom. The molecule has 3 rings (SSSR count). The maximum Gasteiger partial charge on any atom is 0.435 e. The molecule has 1 aromatic heterocycles. The van der Waals surface area contributed by atoms with Crippen LogP contribution in [0.25, 0.3) is 0 Å². The number of hydrogen-bond acceptors (Lipinski definition) is 5. The zero-order valence-electron chi connectivity index (χ0n) is 17.7. The molecule has 1 aliphatic heterocycles. The fourth-order valence-corrected chi connectivity index (χ4v) is 3.82. The summed E-state index contributed by atoms with van der Waals surface area (Å²) in [4.78, 5) is 13.5. The smallest absolute Gasteiger partial charge is 0.435 e. The molecule has 31 heavy (non-hydrogen) atoms. The molecule has 9 heteroatoms. The normalized spacial score (nSPS) is 13.6. The van der Waals surface area contributed by atoms with Crippen molar-refractivity contribution in [2.75, 3.05) is 32.2 Å². The van der Waals surface area contributed by atoms with Gasteiger partial charge in [-0.3, -0.25) is 0 Å². The number of nitrogens with zero attached hydrogens (tertiary/aromatic N) is 3. The molecule has 1 aromatic carbocycles. The molecule has 0 bridgehead atoms. The molecule has 0 saturated carbocycles. The molecule has 6 nitrogen and oxygen atoms in total. The van der Waals surface area contributed by atoms with Crippen LogP contribution in [0.4, 0.5) is 19.0 Å². The highest BCUT2D eigenvalue weighted by Crippen LogP contribution is 2.39. The number of alkyl halides is 3. The van der Waals surface area contributed by atoms with Gasteiger partial charge in [-0.15, -0.1) is 0 Å². The van der Waals surface area contributed by atoms with E-state index >= 15 is 0 Å². The SMILES string of the molecule is C=C(CCCN1CCCc2c(C(F)(F)F)nn(Cc3ccc(OC)cc3)c21)C(=O)OC. The second-order valence-corrected chi connectivity index (χ2v) is 7.44. The lowest BCUT2D eigenvalue weighted by atomic mass is 10.0. The highest BCUT2D eigenvalue weighted by Gasteiger charge is 2.41. The zero-order valence-corrected chi connectivity index (χ0v) is 17.7. The lowest BCUT2D eigenvalue weighted by Gasteiger charge is -2.30. The predicted octanol–water partition coefficient (Wildman–Crippen LogP) is 4.22. The standard InChI is InChI=1S/C22H26F3N3O3/c1-15(21(29)31-3)6-4-12-27-13-5-7-18-19(22(23,24)25)26-28(20(18)27)14-16-8-10-17(30-2)11-9-16/h8-11H,1,4-7,12-14H2,2-3H3. The Kier molecular flexibility index (Phi) is 6.92. The van der Waals surface area contributed by atoms with Crippen LogP contribution in [0.5, 0.6) is 5.75 Å². The Labute approximate surface area is 179 Å². The molecule has 0 unspecified atom stereocenters. The first kappa shape index (κ1) is 22.7. The van der Waals surface area contributed by atoms with Gasteiger partial charge in [-0.1, -0.05) is 18.7 Å². The van der Waals surface area contributed by atoms with E-state index in [2.05, 4.69) is 16.4 Å². The van der Waals surface area contributed by atoms with Gasteiger partial charge in [0, 0.05) is 24.2 Å². The van der Waals surface area contributed by atoms with Crippen LogP contribution in [0.1, 0.15) is 36.1 Å². The number of aromatic nitrogens is 2. The molecule has 0 spiro atoms. The highest BCUT2D eigenvalue weighted by molar-refractivity contribution is 5.87. The van der Waals surface area contributed by atoms with Crippen LogP contribution in [0.15, 0.2) is 36.4 Å². The first-order chi connectivity index (χ1) is 14.7. The van der Waals surface area contributed by atoms with Gasteiger partial charge in [-0.05, 0) is 43.4 Å². The second kappa shape index (κ2) is 9.45. The molecule has 0 N–H and O–H groups in total. The summed E-state index contributed by atoms with van der Waals surface area (Å²) in [5, 5.41) is 3.96. The van der Waals surface area contributed by atoms with Crippen molar-refractivity contribution in [3.63, 3.8) is 0 Å². The van der Waals surface area contributed by atoms with Crippen molar-refractivity contribution in [2.24, 2.45) is 0 Å². The summed E-state index contributed by atoms with van der Waals surface area (Å²) in [7, 11) is 2.85. The number of hydrogen-bond donors (Lipinski definition) is 0. The summed E-state index contributed by atoms with van der Waals surface area (Å²) in [6.07, 6.45) is -2.59. The van der Waals surface area contributed by atoms with Crippen LogP contribution in [0.3, 0.4) is 0 Å². The Balaban J connectivity index is 1.86. The van der Waals surface area contributed by atoms with Gasteiger partial charge in [-0.25, -0.2) is 9.48 Å². The van der Waals surface area contributed by atoms with E-state index in [1.165, 1.54) is 11.8 Å². The molecule has 0 amide bonds. The maximum absolute atomic E-state index is 13.7. The molecule has 0 fully saturated rings. The molecule has 0 radical (unpaired) electrons.